The average molecular weight is 109 g/mol. The van der Waals surface area contributed by atoms with Crippen LogP contribution in [0.3, 0.4) is 0 Å². The highest BCUT2D eigenvalue weighted by atomic mass is 14.2. The normalized spacial score (nSPS) is 19.0. The summed E-state index contributed by atoms with van der Waals surface area (Å²) in [4.78, 5) is 0. The molecule has 0 heterocycles. The molecular weight excluding hydrogens is 96.1 g/mol. The molecule has 0 aromatic rings. The van der Waals surface area contributed by atoms with Gasteiger partial charge in [0.05, 0.1) is 1.37 Å². The van der Waals surface area contributed by atoms with Crippen LogP contribution in [0.5, 0.6) is 0 Å². The second-order valence-electron chi connectivity index (χ2n) is 2.54. The van der Waals surface area contributed by atoms with Crippen molar-refractivity contribution in [1.82, 2.24) is 0 Å². The van der Waals surface area contributed by atoms with Gasteiger partial charge in [0.1, 0.15) is 0 Å². The first-order chi connectivity index (χ1) is 4.20. The molecule has 1 aliphatic rings. The van der Waals surface area contributed by atoms with Crippen LogP contribution in [0, 0.1) is 5.92 Å². The molecule has 1 fully saturated rings. The van der Waals surface area contributed by atoms with Crippen molar-refractivity contribution in [3.05, 3.63) is 17.4 Å². The molecule has 8 heavy (non-hydrogen) atoms. The molecule has 0 unspecified atom stereocenters. The van der Waals surface area contributed by atoms with Crippen molar-refractivity contribution < 1.29 is 1.37 Å². The lowest BCUT2D eigenvalue weighted by Gasteiger charge is -1.75. The van der Waals surface area contributed by atoms with Crippen LogP contribution < -0.4 is 0 Å². The standard InChI is InChI=1S/C8H12/c1-7(2)3-4-8-5-6-8/h4,8H,5-6H2,1-2H3/i4D. The van der Waals surface area contributed by atoms with Gasteiger partial charge in [-0.3, -0.25) is 0 Å². The molecule has 0 nitrogen and oxygen atoms in total. The van der Waals surface area contributed by atoms with E-state index in [9.17, 15) is 0 Å². The Morgan fingerprint density at radius 1 is 1.75 bits per heavy atom. The minimum atomic E-state index is 0.555. The lowest BCUT2D eigenvalue weighted by atomic mass is 10.3. The molecule has 0 atom stereocenters. The van der Waals surface area contributed by atoms with Crippen molar-refractivity contribution in [2.24, 2.45) is 5.92 Å². The van der Waals surface area contributed by atoms with Gasteiger partial charge in [-0.1, -0.05) is 0 Å². The molecule has 0 radical (unpaired) electrons. The fourth-order valence-electron chi connectivity index (χ4n) is 0.474. The van der Waals surface area contributed by atoms with Gasteiger partial charge in [-0.25, -0.2) is 0 Å². The summed E-state index contributed by atoms with van der Waals surface area (Å²) in [5.74, 6) is 0.555. The Kier molecular flexibility index (Phi) is 1.21. The highest BCUT2D eigenvalue weighted by Crippen LogP contribution is 2.29. The maximum absolute atomic E-state index is 7.40. The summed E-state index contributed by atoms with van der Waals surface area (Å²) in [5.41, 5.74) is 4.12. The van der Waals surface area contributed by atoms with Gasteiger partial charge >= 0.3 is 0 Å². The van der Waals surface area contributed by atoms with Crippen molar-refractivity contribution in [2.75, 3.05) is 0 Å². The first-order valence-electron chi connectivity index (χ1n) is 3.61. The lowest BCUT2D eigenvalue weighted by Crippen LogP contribution is -1.58. The molecule has 44 valence electrons. The Morgan fingerprint density at radius 2 is 2.38 bits per heavy atom. The number of rotatable bonds is 1. The third-order valence-electron chi connectivity index (χ3n) is 1.10. The topological polar surface area (TPSA) is 0 Å². The van der Waals surface area contributed by atoms with E-state index in [1.54, 1.807) is 0 Å². The van der Waals surface area contributed by atoms with Crippen molar-refractivity contribution in [3.8, 4) is 0 Å². The summed E-state index contributed by atoms with van der Waals surface area (Å²) < 4.78 is 7.40. The molecule has 0 bridgehead atoms. The molecule has 0 amide bonds. The smallest absolute Gasteiger partial charge is 0.0669 e. The zero-order chi connectivity index (χ0) is 6.85. The van der Waals surface area contributed by atoms with Crippen molar-refractivity contribution >= 4 is 0 Å². The summed E-state index contributed by atoms with van der Waals surface area (Å²) in [5, 5.41) is 0. The van der Waals surface area contributed by atoms with E-state index >= 15 is 0 Å². The van der Waals surface area contributed by atoms with Crippen LogP contribution in [-0.2, 0) is 0 Å². The van der Waals surface area contributed by atoms with Crippen LogP contribution in [0.2, 0.25) is 0 Å². The zero-order valence-electron chi connectivity index (χ0n) is 6.49. The third kappa shape index (κ3) is 1.99. The van der Waals surface area contributed by atoms with E-state index in [4.69, 9.17) is 1.37 Å². The molecule has 0 aromatic heterocycles. The molecule has 0 aromatic carbocycles. The molecule has 1 saturated carbocycles. The van der Waals surface area contributed by atoms with Gasteiger partial charge in [-0.15, -0.1) is 5.73 Å². The predicted octanol–water partition coefficient (Wildman–Crippen LogP) is 2.52. The van der Waals surface area contributed by atoms with Gasteiger partial charge in [0, 0.05) is 0 Å². The predicted molar refractivity (Wildman–Crippen MR) is 35.7 cm³/mol. The summed E-state index contributed by atoms with van der Waals surface area (Å²) >= 11 is 0. The third-order valence-corrected chi connectivity index (χ3v) is 1.10. The second kappa shape index (κ2) is 2.19. The van der Waals surface area contributed by atoms with Gasteiger partial charge in [0.2, 0.25) is 0 Å². The first-order valence-corrected chi connectivity index (χ1v) is 3.11. The zero-order valence-corrected chi connectivity index (χ0v) is 5.49. The number of hydrogen-bond donors (Lipinski definition) is 0. The summed E-state index contributed by atoms with van der Waals surface area (Å²) in [7, 11) is 0. The van der Waals surface area contributed by atoms with Crippen LogP contribution >= 0.6 is 0 Å². The van der Waals surface area contributed by atoms with Gasteiger partial charge in [-0.2, -0.15) is 0 Å². The highest BCUT2D eigenvalue weighted by Gasteiger charge is 2.16. The van der Waals surface area contributed by atoms with E-state index in [2.05, 4.69) is 5.73 Å². The van der Waals surface area contributed by atoms with Gasteiger partial charge in [-0.05, 0) is 44.2 Å². The maximum Gasteiger partial charge on any atom is 0.0669 e. The monoisotopic (exact) mass is 109 g/mol. The first kappa shape index (κ1) is 4.40. The molecule has 0 saturated heterocycles. The van der Waals surface area contributed by atoms with Crippen LogP contribution in [0.4, 0.5) is 0 Å². The fraction of sp³-hybridized carbons (Fsp3) is 0.625. The SMILES string of the molecule is [2H]C(=C=C(C)C)C1CC1. The molecule has 0 heteroatoms. The maximum atomic E-state index is 7.40. The summed E-state index contributed by atoms with van der Waals surface area (Å²) in [6.07, 6.45) is 2.41. The Labute approximate surface area is 52.3 Å². The van der Waals surface area contributed by atoms with Gasteiger partial charge in [0.25, 0.3) is 0 Å². The number of hydrogen-bond acceptors (Lipinski definition) is 0. The summed E-state index contributed by atoms with van der Waals surface area (Å²) in [6.45, 7) is 3.97. The molecule has 1 rings (SSSR count). The Hall–Kier alpha value is -0.480. The molecular formula is C8H12. The average Bonchev–Trinajstić information content (AvgIpc) is 2.40. The Morgan fingerprint density at radius 3 is 2.75 bits per heavy atom. The van der Waals surface area contributed by atoms with Crippen LogP contribution in [0.15, 0.2) is 17.4 Å². The Bertz CT molecular complexity index is 165. The van der Waals surface area contributed by atoms with Crippen molar-refractivity contribution in [1.29, 1.82) is 0 Å². The summed E-state index contributed by atoms with van der Waals surface area (Å²) in [6, 6.07) is 0.704. The van der Waals surface area contributed by atoms with E-state index in [-0.39, 0.29) is 0 Å². The van der Waals surface area contributed by atoms with E-state index in [0.717, 1.165) is 5.57 Å². The fourth-order valence-corrected chi connectivity index (χ4v) is 0.474. The van der Waals surface area contributed by atoms with E-state index < -0.39 is 0 Å². The quantitative estimate of drug-likeness (QED) is 0.454. The van der Waals surface area contributed by atoms with Gasteiger partial charge < -0.3 is 0 Å². The molecule has 0 spiro atoms. The minimum absolute atomic E-state index is 0.555. The largest absolute Gasteiger partial charge is 0.126 e. The van der Waals surface area contributed by atoms with Crippen molar-refractivity contribution in [2.45, 2.75) is 26.7 Å². The number of allylic oxidation sites excluding steroid dienone is 1. The van der Waals surface area contributed by atoms with Crippen molar-refractivity contribution in [3.63, 3.8) is 0 Å². The van der Waals surface area contributed by atoms with Gasteiger partial charge in [0.15, 0.2) is 0 Å². The lowest BCUT2D eigenvalue weighted by molar-refractivity contribution is 1.12. The van der Waals surface area contributed by atoms with E-state index in [0.29, 0.717) is 12.0 Å². The highest BCUT2D eigenvalue weighted by molar-refractivity contribution is 5.00. The van der Waals surface area contributed by atoms with Crippen LogP contribution in [0.25, 0.3) is 0 Å². The second-order valence-corrected chi connectivity index (χ2v) is 2.54. The van der Waals surface area contributed by atoms with Crippen LogP contribution in [0.1, 0.15) is 28.1 Å². The van der Waals surface area contributed by atoms with Crippen LogP contribution in [-0.4, -0.2) is 0 Å². The minimum Gasteiger partial charge on any atom is -0.126 e. The molecule has 0 aliphatic heterocycles. The van der Waals surface area contributed by atoms with E-state index in [1.165, 1.54) is 12.8 Å². The Balaban J connectivity index is 2.68. The molecule has 1 aliphatic carbocycles. The molecule has 0 N–H and O–H groups in total. The van der Waals surface area contributed by atoms with E-state index in [1.807, 2.05) is 13.8 Å².